The molecule has 1 aliphatic rings. The van der Waals surface area contributed by atoms with Crippen molar-refractivity contribution < 1.29 is 14.3 Å². The molecule has 0 saturated carbocycles. The van der Waals surface area contributed by atoms with Gasteiger partial charge in [0, 0.05) is 18.5 Å². The van der Waals surface area contributed by atoms with Crippen LogP contribution in [0.4, 0.5) is 0 Å². The van der Waals surface area contributed by atoms with Gasteiger partial charge < -0.3 is 14.4 Å². The fraction of sp³-hybridized carbons (Fsp3) is 0.400. The largest absolute Gasteiger partial charge is 0.493 e. The van der Waals surface area contributed by atoms with Crippen molar-refractivity contribution in [3.05, 3.63) is 64.1 Å². The zero-order chi connectivity index (χ0) is 22.8. The van der Waals surface area contributed by atoms with Gasteiger partial charge in [0.1, 0.15) is 0 Å². The number of methoxy groups -OCH3 is 2. The van der Waals surface area contributed by atoms with Crippen molar-refractivity contribution in [3.63, 3.8) is 0 Å². The molecule has 0 aliphatic carbocycles. The molecule has 1 saturated heterocycles. The van der Waals surface area contributed by atoms with Gasteiger partial charge in [0.05, 0.1) is 25.6 Å². The molecule has 0 radical (unpaired) electrons. The molecule has 1 aromatic heterocycles. The average molecular weight is 436 g/mol. The predicted molar refractivity (Wildman–Crippen MR) is 123 cm³/mol. The van der Waals surface area contributed by atoms with Crippen LogP contribution in [0.15, 0.2) is 47.3 Å². The standard InChI is InChI=1S/C25H29N3O4/c1-16(2)15-28-24(29)19-9-6-5-8-18(19)23(26-28)25(30)27-13-7-10-20(27)17-11-12-21(31-3)22(14-17)32-4/h5-6,8-9,11-12,14,16,20H,7,10,13,15H2,1-4H3. The van der Waals surface area contributed by atoms with Crippen LogP contribution in [0.2, 0.25) is 0 Å². The Bertz CT molecular complexity index is 1200. The van der Waals surface area contributed by atoms with Crippen LogP contribution < -0.4 is 15.0 Å². The van der Waals surface area contributed by atoms with Crippen molar-refractivity contribution in [2.45, 2.75) is 39.3 Å². The number of aromatic nitrogens is 2. The third-order valence-corrected chi connectivity index (χ3v) is 5.91. The Labute approximate surface area is 187 Å². The van der Waals surface area contributed by atoms with Gasteiger partial charge in [-0.15, -0.1) is 0 Å². The summed E-state index contributed by atoms with van der Waals surface area (Å²) in [4.78, 5) is 28.6. The van der Waals surface area contributed by atoms with E-state index in [9.17, 15) is 9.59 Å². The van der Waals surface area contributed by atoms with Gasteiger partial charge in [0.2, 0.25) is 0 Å². The summed E-state index contributed by atoms with van der Waals surface area (Å²) in [6.45, 7) is 5.15. The van der Waals surface area contributed by atoms with E-state index in [1.807, 2.05) is 49.1 Å². The highest BCUT2D eigenvalue weighted by Gasteiger charge is 2.33. The second-order valence-electron chi connectivity index (χ2n) is 8.55. The lowest BCUT2D eigenvalue weighted by atomic mass is 10.0. The number of rotatable bonds is 6. The normalized spacial score (nSPS) is 16.0. The number of amides is 1. The van der Waals surface area contributed by atoms with E-state index < -0.39 is 0 Å². The Kier molecular flexibility index (Phi) is 6.17. The number of ether oxygens (including phenoxy) is 2. The zero-order valence-electron chi connectivity index (χ0n) is 19.0. The second kappa shape index (κ2) is 9.02. The Morgan fingerprint density at radius 2 is 1.81 bits per heavy atom. The van der Waals surface area contributed by atoms with Gasteiger partial charge in [0.15, 0.2) is 17.2 Å². The summed E-state index contributed by atoms with van der Waals surface area (Å²) < 4.78 is 12.2. The molecule has 1 amide bonds. The van der Waals surface area contributed by atoms with Crippen LogP contribution in [-0.4, -0.2) is 41.4 Å². The Hall–Kier alpha value is -3.35. The molecular formula is C25H29N3O4. The van der Waals surface area contributed by atoms with Gasteiger partial charge in [-0.25, -0.2) is 4.68 Å². The van der Waals surface area contributed by atoms with Crippen molar-refractivity contribution in [3.8, 4) is 11.5 Å². The molecule has 7 heteroatoms. The molecule has 3 aromatic rings. The summed E-state index contributed by atoms with van der Waals surface area (Å²) in [5, 5.41) is 5.66. The van der Waals surface area contributed by atoms with Crippen molar-refractivity contribution in [2.75, 3.05) is 20.8 Å². The molecule has 0 N–H and O–H groups in total. The summed E-state index contributed by atoms with van der Waals surface area (Å²) >= 11 is 0. The average Bonchev–Trinajstić information content (AvgIpc) is 3.29. The third kappa shape index (κ3) is 3.95. The smallest absolute Gasteiger partial charge is 0.275 e. The minimum absolute atomic E-state index is 0.0895. The lowest BCUT2D eigenvalue weighted by Gasteiger charge is -2.26. The fourth-order valence-corrected chi connectivity index (χ4v) is 4.42. The van der Waals surface area contributed by atoms with Gasteiger partial charge in [-0.1, -0.05) is 38.1 Å². The van der Waals surface area contributed by atoms with Crippen LogP contribution in [0.5, 0.6) is 11.5 Å². The molecule has 7 nitrogen and oxygen atoms in total. The lowest BCUT2D eigenvalue weighted by molar-refractivity contribution is 0.0728. The molecule has 0 spiro atoms. The maximum Gasteiger partial charge on any atom is 0.275 e. The van der Waals surface area contributed by atoms with Gasteiger partial charge in [0.25, 0.3) is 11.5 Å². The van der Waals surface area contributed by atoms with Crippen LogP contribution in [-0.2, 0) is 6.54 Å². The summed E-state index contributed by atoms with van der Waals surface area (Å²) in [5.74, 6) is 1.37. The molecule has 2 heterocycles. The van der Waals surface area contributed by atoms with E-state index in [-0.39, 0.29) is 23.4 Å². The van der Waals surface area contributed by atoms with E-state index in [4.69, 9.17) is 9.47 Å². The van der Waals surface area contributed by atoms with Crippen LogP contribution >= 0.6 is 0 Å². The Morgan fingerprint density at radius 3 is 2.50 bits per heavy atom. The first kappa shape index (κ1) is 21.9. The number of likely N-dealkylation sites (tertiary alicyclic amines) is 1. The van der Waals surface area contributed by atoms with Crippen molar-refractivity contribution in [1.29, 1.82) is 0 Å². The lowest BCUT2D eigenvalue weighted by Crippen LogP contribution is -2.34. The number of carbonyl (C=O) groups is 1. The summed E-state index contributed by atoms with van der Waals surface area (Å²) in [6.07, 6.45) is 1.75. The van der Waals surface area contributed by atoms with Crippen LogP contribution in [0.1, 0.15) is 48.8 Å². The molecule has 1 unspecified atom stereocenters. The molecule has 1 atom stereocenters. The van der Waals surface area contributed by atoms with Gasteiger partial charge in [-0.05, 0) is 42.5 Å². The van der Waals surface area contributed by atoms with Gasteiger partial charge in [-0.2, -0.15) is 5.10 Å². The van der Waals surface area contributed by atoms with Crippen molar-refractivity contribution in [2.24, 2.45) is 5.92 Å². The van der Waals surface area contributed by atoms with Crippen molar-refractivity contribution in [1.82, 2.24) is 14.7 Å². The molecule has 1 fully saturated rings. The first-order chi connectivity index (χ1) is 15.4. The molecular weight excluding hydrogens is 406 g/mol. The highest BCUT2D eigenvalue weighted by molar-refractivity contribution is 6.05. The first-order valence-electron chi connectivity index (χ1n) is 11.0. The molecule has 0 bridgehead atoms. The van der Waals surface area contributed by atoms with E-state index in [0.29, 0.717) is 41.1 Å². The van der Waals surface area contributed by atoms with E-state index in [1.54, 1.807) is 26.4 Å². The predicted octanol–water partition coefficient (Wildman–Crippen LogP) is 4.05. The number of benzene rings is 2. The number of nitrogens with zero attached hydrogens (tertiary/aromatic N) is 3. The maximum atomic E-state index is 13.8. The van der Waals surface area contributed by atoms with E-state index >= 15 is 0 Å². The molecule has 32 heavy (non-hydrogen) atoms. The van der Waals surface area contributed by atoms with Gasteiger partial charge in [-0.3, -0.25) is 9.59 Å². The molecule has 2 aromatic carbocycles. The van der Waals surface area contributed by atoms with E-state index in [1.165, 1.54) is 4.68 Å². The molecule has 168 valence electrons. The highest BCUT2D eigenvalue weighted by Crippen LogP contribution is 2.37. The maximum absolute atomic E-state index is 13.8. The quantitative estimate of drug-likeness (QED) is 0.584. The van der Waals surface area contributed by atoms with Crippen LogP contribution in [0.25, 0.3) is 10.8 Å². The van der Waals surface area contributed by atoms with E-state index in [2.05, 4.69) is 5.10 Å². The third-order valence-electron chi connectivity index (χ3n) is 5.91. The monoisotopic (exact) mass is 435 g/mol. The zero-order valence-corrected chi connectivity index (χ0v) is 19.0. The topological polar surface area (TPSA) is 73.7 Å². The minimum Gasteiger partial charge on any atom is -0.493 e. The summed E-state index contributed by atoms with van der Waals surface area (Å²) in [7, 11) is 3.21. The van der Waals surface area contributed by atoms with E-state index in [0.717, 1.165) is 18.4 Å². The number of hydrogen-bond acceptors (Lipinski definition) is 5. The number of fused-ring (bicyclic) bond motifs is 1. The molecule has 4 rings (SSSR count). The van der Waals surface area contributed by atoms with Crippen LogP contribution in [0, 0.1) is 5.92 Å². The minimum atomic E-state index is -0.163. The second-order valence-corrected chi connectivity index (χ2v) is 8.55. The van der Waals surface area contributed by atoms with Crippen molar-refractivity contribution >= 4 is 16.7 Å². The SMILES string of the molecule is COc1ccc(C2CCCN2C(=O)c2nn(CC(C)C)c(=O)c3ccccc23)cc1OC. The highest BCUT2D eigenvalue weighted by atomic mass is 16.5. The Morgan fingerprint density at radius 1 is 1.09 bits per heavy atom. The first-order valence-corrected chi connectivity index (χ1v) is 11.0. The Balaban J connectivity index is 1.77. The van der Waals surface area contributed by atoms with Crippen LogP contribution in [0.3, 0.4) is 0 Å². The summed E-state index contributed by atoms with van der Waals surface area (Å²) in [5.41, 5.74) is 1.16. The summed E-state index contributed by atoms with van der Waals surface area (Å²) in [6, 6.07) is 12.9. The fourth-order valence-electron chi connectivity index (χ4n) is 4.42. The number of hydrogen-bond donors (Lipinski definition) is 0. The number of carbonyl (C=O) groups excluding carboxylic acids is 1. The molecule has 1 aliphatic heterocycles. The van der Waals surface area contributed by atoms with Gasteiger partial charge >= 0.3 is 0 Å².